The van der Waals surface area contributed by atoms with E-state index in [9.17, 15) is 8.42 Å². The third-order valence-electron chi connectivity index (χ3n) is 3.19. The second-order valence-electron chi connectivity index (χ2n) is 4.84. The Morgan fingerprint density at radius 3 is 2.12 bits per heavy atom. The quantitative estimate of drug-likeness (QED) is 0.804. The minimum atomic E-state index is -3.33. The molecule has 0 amide bonds. The average molecular weight is 286 g/mol. The third-order valence-corrected chi connectivity index (χ3v) is 5.00. The summed E-state index contributed by atoms with van der Waals surface area (Å²) in [6, 6.07) is 0.262. The van der Waals surface area contributed by atoms with Crippen LogP contribution in [0.4, 0.5) is 0 Å². The maximum absolute atomic E-state index is 11.9. The van der Waals surface area contributed by atoms with E-state index < -0.39 is 10.2 Å². The van der Waals surface area contributed by atoms with Crippen molar-refractivity contribution in [3.63, 3.8) is 0 Å². The van der Waals surface area contributed by atoms with E-state index in [0.717, 1.165) is 25.7 Å². The molecule has 17 heavy (non-hydrogen) atoms. The van der Waals surface area contributed by atoms with Gasteiger partial charge in [0.15, 0.2) is 0 Å². The summed E-state index contributed by atoms with van der Waals surface area (Å²) < 4.78 is 27.9. The molecule has 5 nitrogen and oxygen atoms in total. The minimum Gasteiger partial charge on any atom is -0.328 e. The second kappa shape index (κ2) is 6.89. The molecule has 0 radical (unpaired) electrons. The zero-order valence-electron chi connectivity index (χ0n) is 10.7. The molecule has 1 fully saturated rings. The molecule has 1 saturated carbocycles. The summed E-state index contributed by atoms with van der Waals surface area (Å²) in [5.41, 5.74) is 5.78. The highest BCUT2D eigenvalue weighted by atomic mass is 35.5. The molecule has 0 saturated heterocycles. The largest absolute Gasteiger partial charge is 0.328 e. The topological polar surface area (TPSA) is 75.4 Å². The normalized spacial score (nSPS) is 26.0. The molecule has 0 bridgehead atoms. The molecule has 0 aromatic carbocycles. The fourth-order valence-electron chi connectivity index (χ4n) is 1.81. The summed E-state index contributed by atoms with van der Waals surface area (Å²) in [5, 5.41) is 0. The molecule has 0 spiro atoms. The van der Waals surface area contributed by atoms with Crippen LogP contribution in [0.3, 0.4) is 0 Å². The van der Waals surface area contributed by atoms with Crippen LogP contribution < -0.4 is 10.5 Å². The van der Waals surface area contributed by atoms with E-state index in [4.69, 9.17) is 5.73 Å². The van der Waals surface area contributed by atoms with Gasteiger partial charge in [-0.25, -0.2) is 0 Å². The van der Waals surface area contributed by atoms with Crippen molar-refractivity contribution in [3.05, 3.63) is 0 Å². The summed E-state index contributed by atoms with van der Waals surface area (Å²) in [4.78, 5) is 0. The maximum atomic E-state index is 11.9. The van der Waals surface area contributed by atoms with Crippen molar-refractivity contribution in [2.45, 2.75) is 57.7 Å². The highest BCUT2D eigenvalue weighted by molar-refractivity contribution is 7.87. The van der Waals surface area contributed by atoms with Crippen LogP contribution in [-0.2, 0) is 10.2 Å². The number of nitrogens with one attached hydrogen (secondary N) is 1. The molecular weight excluding hydrogens is 262 g/mol. The van der Waals surface area contributed by atoms with Crippen LogP contribution in [-0.4, -0.2) is 37.9 Å². The van der Waals surface area contributed by atoms with Gasteiger partial charge in [0.05, 0.1) is 0 Å². The molecule has 0 unspecified atom stereocenters. The summed E-state index contributed by atoms with van der Waals surface area (Å²) in [6.07, 6.45) is 3.48. The summed E-state index contributed by atoms with van der Waals surface area (Å²) >= 11 is 0. The standard InChI is InChI=1S/C10H23N3O2S.ClH/c1-8(2)13(3)16(14,15)12-10-6-4-9(11)5-7-10;/h8-10,12H,4-7,11H2,1-3H3;1H. The SMILES string of the molecule is CC(C)N(C)S(=O)(=O)NC1CCC(N)CC1.Cl. The van der Waals surface area contributed by atoms with E-state index in [-0.39, 0.29) is 30.5 Å². The molecule has 1 aliphatic rings. The van der Waals surface area contributed by atoms with Crippen LogP contribution in [0.5, 0.6) is 0 Å². The number of halogens is 1. The van der Waals surface area contributed by atoms with Gasteiger partial charge < -0.3 is 5.73 Å². The van der Waals surface area contributed by atoms with Crippen LogP contribution in [0.2, 0.25) is 0 Å². The number of hydrogen-bond donors (Lipinski definition) is 2. The Morgan fingerprint density at radius 2 is 1.71 bits per heavy atom. The van der Waals surface area contributed by atoms with Crippen molar-refractivity contribution in [2.75, 3.05) is 7.05 Å². The van der Waals surface area contributed by atoms with Gasteiger partial charge in [0.1, 0.15) is 0 Å². The highest BCUT2D eigenvalue weighted by Gasteiger charge is 2.26. The molecule has 1 aliphatic carbocycles. The number of hydrogen-bond acceptors (Lipinski definition) is 3. The van der Waals surface area contributed by atoms with E-state index in [2.05, 4.69) is 4.72 Å². The first-order valence-corrected chi connectivity index (χ1v) is 7.28. The van der Waals surface area contributed by atoms with E-state index in [0.29, 0.717) is 0 Å². The molecule has 0 atom stereocenters. The number of nitrogens with zero attached hydrogens (tertiary/aromatic N) is 1. The van der Waals surface area contributed by atoms with Gasteiger partial charge in [-0.05, 0) is 39.5 Å². The molecule has 0 aromatic heterocycles. The Kier molecular flexibility index (Phi) is 6.94. The highest BCUT2D eigenvalue weighted by Crippen LogP contribution is 2.18. The Morgan fingerprint density at radius 1 is 1.24 bits per heavy atom. The van der Waals surface area contributed by atoms with Gasteiger partial charge in [-0.1, -0.05) is 0 Å². The monoisotopic (exact) mass is 285 g/mol. The van der Waals surface area contributed by atoms with Crippen LogP contribution >= 0.6 is 12.4 Å². The van der Waals surface area contributed by atoms with Gasteiger partial charge in [-0.3, -0.25) is 0 Å². The van der Waals surface area contributed by atoms with Gasteiger partial charge in [0.2, 0.25) is 0 Å². The van der Waals surface area contributed by atoms with Gasteiger partial charge in [-0.2, -0.15) is 17.4 Å². The predicted molar refractivity (Wildman–Crippen MR) is 72.4 cm³/mol. The maximum Gasteiger partial charge on any atom is 0.279 e. The van der Waals surface area contributed by atoms with E-state index in [1.807, 2.05) is 13.8 Å². The molecule has 1 rings (SSSR count). The lowest BCUT2D eigenvalue weighted by atomic mass is 9.93. The van der Waals surface area contributed by atoms with Crippen LogP contribution in [0.15, 0.2) is 0 Å². The fraction of sp³-hybridized carbons (Fsp3) is 1.00. The first-order chi connectivity index (χ1) is 7.33. The van der Waals surface area contributed by atoms with Gasteiger partial charge in [0.25, 0.3) is 10.2 Å². The van der Waals surface area contributed by atoms with Gasteiger partial charge in [0, 0.05) is 25.2 Å². The molecular formula is C10H24ClN3O2S. The summed E-state index contributed by atoms with van der Waals surface area (Å²) in [6.45, 7) is 3.71. The van der Waals surface area contributed by atoms with Crippen LogP contribution in [0, 0.1) is 0 Å². The zero-order valence-corrected chi connectivity index (χ0v) is 12.4. The minimum absolute atomic E-state index is 0. The molecule has 0 aromatic rings. The second-order valence-corrected chi connectivity index (χ2v) is 6.61. The Labute approximate surface area is 111 Å². The lowest BCUT2D eigenvalue weighted by Gasteiger charge is -2.29. The van der Waals surface area contributed by atoms with E-state index in [1.165, 1.54) is 4.31 Å². The lowest BCUT2D eigenvalue weighted by molar-refractivity contribution is 0.352. The summed E-state index contributed by atoms with van der Waals surface area (Å²) in [7, 11) is -1.74. The molecule has 104 valence electrons. The molecule has 0 aliphatic heterocycles. The Bertz CT molecular complexity index is 314. The molecule has 0 heterocycles. The van der Waals surface area contributed by atoms with Crippen LogP contribution in [0.25, 0.3) is 0 Å². The number of nitrogens with two attached hydrogens (primary N) is 1. The number of rotatable bonds is 4. The van der Waals surface area contributed by atoms with Crippen LogP contribution in [0.1, 0.15) is 39.5 Å². The molecule has 3 N–H and O–H groups in total. The smallest absolute Gasteiger partial charge is 0.279 e. The van der Waals surface area contributed by atoms with Gasteiger partial charge in [-0.15, -0.1) is 12.4 Å². The zero-order chi connectivity index (χ0) is 12.3. The third kappa shape index (κ3) is 5.09. The molecule has 7 heteroatoms. The average Bonchev–Trinajstić information content (AvgIpc) is 2.20. The Balaban J connectivity index is 0.00000256. The van der Waals surface area contributed by atoms with Gasteiger partial charge >= 0.3 is 0 Å². The van der Waals surface area contributed by atoms with E-state index in [1.54, 1.807) is 7.05 Å². The van der Waals surface area contributed by atoms with Crippen molar-refractivity contribution in [1.82, 2.24) is 9.03 Å². The first-order valence-electron chi connectivity index (χ1n) is 5.84. The van der Waals surface area contributed by atoms with E-state index >= 15 is 0 Å². The lowest BCUT2D eigenvalue weighted by Crippen LogP contribution is -2.48. The first kappa shape index (κ1) is 17.1. The van der Waals surface area contributed by atoms with Crippen molar-refractivity contribution in [2.24, 2.45) is 5.73 Å². The van der Waals surface area contributed by atoms with Crippen molar-refractivity contribution < 1.29 is 8.42 Å². The Hall–Kier alpha value is 0.120. The van der Waals surface area contributed by atoms with Crippen molar-refractivity contribution >= 4 is 22.6 Å². The van der Waals surface area contributed by atoms with Crippen molar-refractivity contribution in [1.29, 1.82) is 0 Å². The fourth-order valence-corrected chi connectivity index (χ4v) is 3.19. The predicted octanol–water partition coefficient (Wildman–Crippen LogP) is 0.853. The van der Waals surface area contributed by atoms with Crippen molar-refractivity contribution in [3.8, 4) is 0 Å². The summed E-state index contributed by atoms with van der Waals surface area (Å²) in [5.74, 6) is 0.